The number of allylic oxidation sites excluding steroid dienone is 2. The zero-order chi connectivity index (χ0) is 48.0. The second-order valence-electron chi connectivity index (χ2n) is 22.4. The number of carbonyl (C=O) groups excluding carboxylic acids is 3. The quantitative estimate of drug-likeness (QED) is 0.0464. The average Bonchev–Trinajstić information content (AvgIpc) is 3.68. The van der Waals surface area contributed by atoms with Crippen molar-refractivity contribution in [2.45, 2.75) is 161 Å². The SMILES string of the molecule is CC1(C)CC[C@]2(C(=O)OCc3ccccc3)CC[C@]3(C)C(=CC[C@@H]4[C@@]5(C)CC[C@H](OC(=O)CCC(=O)OCCCCOc6no[n+]([O-])c6S(=O)(=O)c6ccccc6)C(C)(C)[C@@H]5CC[C@]43C)[C@@H]2C1. The third kappa shape index (κ3) is 8.82. The minimum Gasteiger partial charge on any atom is -0.466 e. The van der Waals surface area contributed by atoms with Gasteiger partial charge in [0.1, 0.15) is 12.7 Å². The fraction of sp³-hybridized carbons (Fsp3) is 0.642. The van der Waals surface area contributed by atoms with Crippen molar-refractivity contribution in [2.24, 2.45) is 50.2 Å². The molecule has 67 heavy (non-hydrogen) atoms. The summed E-state index contributed by atoms with van der Waals surface area (Å²) in [7, 11) is -4.23. The Hall–Kier alpha value is -4.72. The number of unbranched alkanes of at least 4 members (excludes halogenated alkanes) is 1. The molecule has 0 N–H and O–H groups in total. The van der Waals surface area contributed by atoms with Gasteiger partial charge < -0.3 is 24.2 Å². The van der Waals surface area contributed by atoms with E-state index in [1.54, 1.807) is 6.07 Å². The average molecular weight is 943 g/mol. The van der Waals surface area contributed by atoms with E-state index in [1.165, 1.54) is 29.8 Å². The number of hydrogen-bond acceptors (Lipinski definition) is 12. The van der Waals surface area contributed by atoms with Gasteiger partial charge in [-0.1, -0.05) is 109 Å². The Bertz CT molecular complexity index is 2450. The summed E-state index contributed by atoms with van der Waals surface area (Å²) in [5, 5.41) is 14.9. The largest absolute Gasteiger partial charge is 0.466 e. The van der Waals surface area contributed by atoms with Gasteiger partial charge in [-0.05, 0) is 139 Å². The Morgan fingerprint density at radius 1 is 0.791 bits per heavy atom. The first kappa shape index (κ1) is 48.7. The van der Waals surface area contributed by atoms with Gasteiger partial charge >= 0.3 is 28.8 Å². The molecule has 14 heteroatoms. The van der Waals surface area contributed by atoms with Crippen molar-refractivity contribution in [1.29, 1.82) is 0 Å². The summed E-state index contributed by atoms with van der Waals surface area (Å²) in [4.78, 5) is 40.1. The van der Waals surface area contributed by atoms with Crippen LogP contribution in [0.3, 0.4) is 0 Å². The van der Waals surface area contributed by atoms with Crippen molar-refractivity contribution < 1.29 is 51.3 Å². The van der Waals surface area contributed by atoms with Crippen LogP contribution in [-0.2, 0) is 45.0 Å². The lowest BCUT2D eigenvalue weighted by Gasteiger charge is -2.71. The highest BCUT2D eigenvalue weighted by molar-refractivity contribution is 7.91. The molecular formula is C53H70N2O11S. The molecule has 0 unspecified atom stereocenters. The van der Waals surface area contributed by atoms with E-state index in [0.29, 0.717) is 31.3 Å². The second kappa shape index (κ2) is 18.3. The summed E-state index contributed by atoms with van der Waals surface area (Å²) < 4.78 is 53.8. The van der Waals surface area contributed by atoms with E-state index >= 15 is 0 Å². The molecule has 1 aromatic heterocycles. The molecular weight excluding hydrogens is 873 g/mol. The van der Waals surface area contributed by atoms with E-state index < -0.39 is 38.1 Å². The number of carbonyl (C=O) groups is 3. The number of rotatable bonds is 15. The fourth-order valence-corrected chi connectivity index (χ4v) is 15.3. The monoisotopic (exact) mass is 942 g/mol. The van der Waals surface area contributed by atoms with Gasteiger partial charge in [-0.15, -0.1) is 0 Å². The third-order valence-corrected chi connectivity index (χ3v) is 19.6. The van der Waals surface area contributed by atoms with Crippen LogP contribution < -0.4 is 9.64 Å². The summed E-state index contributed by atoms with van der Waals surface area (Å²) in [6.45, 7) is 17.2. The maximum absolute atomic E-state index is 14.4. The number of aromatic nitrogens is 2. The molecule has 0 aliphatic heterocycles. The zero-order valence-electron chi connectivity index (χ0n) is 40.5. The molecule has 4 fully saturated rings. The number of sulfone groups is 1. The number of benzene rings is 2. The van der Waals surface area contributed by atoms with Crippen LogP contribution in [-0.4, -0.2) is 50.8 Å². The van der Waals surface area contributed by atoms with Crippen molar-refractivity contribution >= 4 is 27.7 Å². The van der Waals surface area contributed by atoms with Gasteiger partial charge in [-0.3, -0.25) is 19.0 Å². The lowest BCUT2D eigenvalue weighted by atomic mass is 9.33. The van der Waals surface area contributed by atoms with Crippen molar-refractivity contribution in [3.63, 3.8) is 0 Å². The highest BCUT2D eigenvalue weighted by Gasteiger charge is 2.69. The number of esters is 3. The van der Waals surface area contributed by atoms with E-state index in [4.69, 9.17) is 18.9 Å². The highest BCUT2D eigenvalue weighted by atomic mass is 32.2. The lowest BCUT2D eigenvalue weighted by Crippen LogP contribution is -2.65. The van der Waals surface area contributed by atoms with E-state index in [1.807, 2.05) is 30.3 Å². The van der Waals surface area contributed by atoms with Crippen molar-refractivity contribution in [2.75, 3.05) is 13.2 Å². The normalized spacial score (nSPS) is 31.7. The molecule has 8 rings (SSSR count). The number of ether oxygens (including phenoxy) is 4. The van der Waals surface area contributed by atoms with Crippen LogP contribution >= 0.6 is 0 Å². The van der Waals surface area contributed by atoms with E-state index in [9.17, 15) is 28.0 Å². The molecule has 0 bridgehead atoms. The minimum atomic E-state index is -4.23. The molecule has 364 valence electrons. The zero-order valence-corrected chi connectivity index (χ0v) is 41.3. The van der Waals surface area contributed by atoms with Gasteiger partial charge in [0, 0.05) is 5.41 Å². The van der Waals surface area contributed by atoms with Crippen molar-refractivity contribution in [3.05, 3.63) is 83.1 Å². The maximum Gasteiger partial charge on any atom is 0.414 e. The molecule has 2 aromatic carbocycles. The Labute approximate surface area is 396 Å². The fourth-order valence-electron chi connectivity index (χ4n) is 14.0. The van der Waals surface area contributed by atoms with Crippen LogP contribution in [0.4, 0.5) is 0 Å². The summed E-state index contributed by atoms with van der Waals surface area (Å²) >= 11 is 0. The van der Waals surface area contributed by atoms with Gasteiger partial charge in [-0.2, -0.15) is 0 Å². The first-order valence-electron chi connectivity index (χ1n) is 24.5. The highest BCUT2D eigenvalue weighted by Crippen LogP contribution is 2.76. The van der Waals surface area contributed by atoms with Gasteiger partial charge in [0.05, 0.1) is 41.5 Å². The summed E-state index contributed by atoms with van der Waals surface area (Å²) in [5.74, 6) is -0.440. The molecule has 0 amide bonds. The summed E-state index contributed by atoms with van der Waals surface area (Å²) in [6.07, 6.45) is 12.4. The van der Waals surface area contributed by atoms with Gasteiger partial charge in [0.25, 0.3) is 9.84 Å². The Morgan fingerprint density at radius 3 is 2.19 bits per heavy atom. The second-order valence-corrected chi connectivity index (χ2v) is 24.3. The van der Waals surface area contributed by atoms with Crippen LogP contribution in [0.15, 0.2) is 86.9 Å². The van der Waals surface area contributed by atoms with Crippen LogP contribution in [0, 0.1) is 55.5 Å². The van der Waals surface area contributed by atoms with Crippen LogP contribution in [0.5, 0.6) is 5.88 Å². The topological polar surface area (TPSA) is 175 Å². The molecule has 13 nitrogen and oxygen atoms in total. The van der Waals surface area contributed by atoms with Crippen LogP contribution in [0.1, 0.15) is 144 Å². The summed E-state index contributed by atoms with van der Waals surface area (Å²) in [5.41, 5.74) is 1.93. The molecule has 0 saturated heterocycles. The predicted molar refractivity (Wildman–Crippen MR) is 247 cm³/mol. The number of fused-ring (bicyclic) bond motifs is 7. The van der Waals surface area contributed by atoms with E-state index in [0.717, 1.165) is 69.8 Å². The molecule has 8 atom stereocenters. The Kier molecular flexibility index (Phi) is 13.3. The Balaban J connectivity index is 0.841. The molecule has 5 aliphatic carbocycles. The first-order valence-corrected chi connectivity index (χ1v) is 26.0. The van der Waals surface area contributed by atoms with Gasteiger partial charge in [-0.25, -0.2) is 8.42 Å². The molecule has 5 aliphatic rings. The number of hydrogen-bond donors (Lipinski definition) is 0. The number of nitrogens with zero attached hydrogens (tertiary/aromatic N) is 2. The van der Waals surface area contributed by atoms with Gasteiger partial charge in [0.15, 0.2) is 0 Å². The van der Waals surface area contributed by atoms with E-state index in [-0.39, 0.29) is 80.9 Å². The smallest absolute Gasteiger partial charge is 0.414 e. The lowest BCUT2D eigenvalue weighted by molar-refractivity contribution is -0.832. The van der Waals surface area contributed by atoms with Crippen LogP contribution in [0.2, 0.25) is 0 Å². The minimum absolute atomic E-state index is 0.00449. The third-order valence-electron chi connectivity index (χ3n) is 17.9. The van der Waals surface area contributed by atoms with E-state index in [2.05, 4.69) is 64.3 Å². The molecule has 4 saturated carbocycles. The van der Waals surface area contributed by atoms with Crippen LogP contribution in [0.25, 0.3) is 0 Å². The molecule has 0 radical (unpaired) electrons. The van der Waals surface area contributed by atoms with Crippen molar-refractivity contribution in [3.8, 4) is 5.88 Å². The Morgan fingerprint density at radius 2 is 1.46 bits per heavy atom. The molecule has 0 spiro atoms. The first-order chi connectivity index (χ1) is 31.7. The standard InChI is InChI=1S/C53H70N2O11S/c1-48(2)28-30-53(47(58)64-35-36-16-10-8-11-17-36)31-29-51(6)38(39(53)34-48)20-21-41-50(5)26-25-42(49(3,4)40(50)24-27-52(41,51)7)65-44(57)23-22-43(56)62-32-14-15-33-63-45-46(55(59)66-54-45)67(60,61)37-18-12-9-13-19-37/h8-13,16-20,39-42H,14-15,21-35H2,1-7H3/t39-,40-,41+,42-,50-,51+,52+,53-/m0/s1. The van der Waals surface area contributed by atoms with Gasteiger partial charge in [0.2, 0.25) is 0 Å². The predicted octanol–water partition coefficient (Wildman–Crippen LogP) is 10.1. The van der Waals surface area contributed by atoms with Crippen molar-refractivity contribution in [1.82, 2.24) is 5.16 Å². The molecule has 3 aromatic rings. The maximum atomic E-state index is 14.4. The molecule has 1 heterocycles. The summed E-state index contributed by atoms with van der Waals surface area (Å²) in [6, 6.07) is 17.4.